The van der Waals surface area contributed by atoms with Crippen molar-refractivity contribution >= 4 is 11.7 Å². The lowest BCUT2D eigenvalue weighted by atomic mass is 10.2. The molecule has 4 heteroatoms. The molecule has 0 aromatic heterocycles. The molecular formula is C19H22N2O2. The molecule has 0 unspecified atom stereocenters. The van der Waals surface area contributed by atoms with Crippen LogP contribution in [0.1, 0.15) is 11.1 Å². The first kappa shape index (κ1) is 15.4. The fourth-order valence-electron chi connectivity index (χ4n) is 2.85. The minimum Gasteiger partial charge on any atom is -0.491 e. The molecular weight excluding hydrogens is 288 g/mol. The summed E-state index contributed by atoms with van der Waals surface area (Å²) in [5.41, 5.74) is 3.38. The molecule has 4 nitrogen and oxygen atoms in total. The Morgan fingerprint density at radius 2 is 1.91 bits per heavy atom. The van der Waals surface area contributed by atoms with Crippen molar-refractivity contribution in [2.24, 2.45) is 0 Å². The summed E-state index contributed by atoms with van der Waals surface area (Å²) < 4.78 is 5.78. The van der Waals surface area contributed by atoms with E-state index in [0.29, 0.717) is 13.2 Å². The smallest absolute Gasteiger partial charge is 0.324 e. The molecule has 0 atom stereocenters. The Labute approximate surface area is 137 Å². The molecule has 0 fully saturated rings. The van der Waals surface area contributed by atoms with Crippen LogP contribution in [0.25, 0.3) is 0 Å². The summed E-state index contributed by atoms with van der Waals surface area (Å²) in [5, 5.41) is 0. The van der Waals surface area contributed by atoms with Gasteiger partial charge < -0.3 is 9.64 Å². The number of fused-ring (bicyclic) bond motifs is 1. The third kappa shape index (κ3) is 3.31. The number of urea groups is 1. The number of carbonyl (C=O) groups is 1. The number of likely N-dealkylation sites (N-methyl/N-ethyl adjacent to an activating group) is 1. The molecule has 2 aromatic rings. The van der Waals surface area contributed by atoms with Crippen LogP contribution in [0.2, 0.25) is 0 Å². The second-order valence-electron chi connectivity index (χ2n) is 5.85. The first-order valence-corrected chi connectivity index (χ1v) is 7.96. The summed E-state index contributed by atoms with van der Waals surface area (Å²) in [4.78, 5) is 16.2. The predicted octanol–water partition coefficient (Wildman–Crippen LogP) is 3.49. The molecule has 120 valence electrons. The summed E-state index contributed by atoms with van der Waals surface area (Å²) >= 11 is 0. The van der Waals surface area contributed by atoms with Crippen LogP contribution < -0.4 is 9.64 Å². The van der Waals surface area contributed by atoms with E-state index in [0.717, 1.165) is 30.0 Å². The van der Waals surface area contributed by atoms with E-state index >= 15 is 0 Å². The highest BCUT2D eigenvalue weighted by atomic mass is 16.5. The fraction of sp³-hybridized carbons (Fsp3) is 0.316. The number of carbonyl (C=O) groups excluding carboxylic acids is 1. The third-order valence-corrected chi connectivity index (χ3v) is 4.22. The van der Waals surface area contributed by atoms with Crippen LogP contribution in [0.3, 0.4) is 0 Å². The molecule has 23 heavy (non-hydrogen) atoms. The fourth-order valence-corrected chi connectivity index (χ4v) is 2.85. The highest BCUT2D eigenvalue weighted by molar-refractivity contribution is 5.94. The topological polar surface area (TPSA) is 32.8 Å². The summed E-state index contributed by atoms with van der Waals surface area (Å²) in [6.07, 6.45) is 0.926. The first-order valence-electron chi connectivity index (χ1n) is 7.96. The van der Waals surface area contributed by atoms with Gasteiger partial charge in [0.05, 0.1) is 6.54 Å². The van der Waals surface area contributed by atoms with Crippen LogP contribution in [0.15, 0.2) is 48.5 Å². The third-order valence-electron chi connectivity index (χ3n) is 4.22. The van der Waals surface area contributed by atoms with Gasteiger partial charge in [0.25, 0.3) is 0 Å². The maximum absolute atomic E-state index is 12.6. The Morgan fingerprint density at radius 3 is 2.74 bits per heavy atom. The molecule has 0 N–H and O–H groups in total. The van der Waals surface area contributed by atoms with E-state index in [1.165, 1.54) is 5.56 Å². The SMILES string of the molecule is Cc1ccccc1OCCN(C)C(=O)N1CCc2ccccc21. The Hall–Kier alpha value is -2.49. The molecule has 2 amide bonds. The maximum atomic E-state index is 12.6. The second-order valence-corrected chi connectivity index (χ2v) is 5.85. The van der Waals surface area contributed by atoms with Crippen molar-refractivity contribution < 1.29 is 9.53 Å². The minimum absolute atomic E-state index is 0.0309. The Bertz CT molecular complexity index is 699. The number of ether oxygens (including phenoxy) is 1. The van der Waals surface area contributed by atoms with Gasteiger partial charge in [-0.25, -0.2) is 4.79 Å². The van der Waals surface area contributed by atoms with Gasteiger partial charge in [0.1, 0.15) is 12.4 Å². The zero-order valence-corrected chi connectivity index (χ0v) is 13.7. The lowest BCUT2D eigenvalue weighted by molar-refractivity contribution is 0.201. The number of rotatable bonds is 4. The van der Waals surface area contributed by atoms with E-state index in [9.17, 15) is 4.79 Å². The van der Waals surface area contributed by atoms with Crippen molar-refractivity contribution in [1.82, 2.24) is 4.90 Å². The highest BCUT2D eigenvalue weighted by Crippen LogP contribution is 2.28. The molecule has 1 aliphatic heterocycles. The van der Waals surface area contributed by atoms with Crippen molar-refractivity contribution in [2.45, 2.75) is 13.3 Å². The molecule has 2 aromatic carbocycles. The number of aryl methyl sites for hydroxylation is 1. The quantitative estimate of drug-likeness (QED) is 0.866. The Morgan fingerprint density at radius 1 is 1.17 bits per heavy atom. The van der Waals surface area contributed by atoms with Crippen LogP contribution in [0.4, 0.5) is 10.5 Å². The lowest BCUT2D eigenvalue weighted by Crippen LogP contribution is -2.42. The monoisotopic (exact) mass is 310 g/mol. The van der Waals surface area contributed by atoms with Crippen LogP contribution in [0.5, 0.6) is 5.75 Å². The molecule has 0 bridgehead atoms. The summed E-state index contributed by atoms with van der Waals surface area (Å²) in [7, 11) is 1.82. The van der Waals surface area contributed by atoms with Gasteiger partial charge in [-0.1, -0.05) is 36.4 Å². The van der Waals surface area contributed by atoms with Gasteiger partial charge >= 0.3 is 6.03 Å². The van der Waals surface area contributed by atoms with Crippen LogP contribution in [-0.4, -0.2) is 37.7 Å². The normalized spacial score (nSPS) is 12.9. The zero-order chi connectivity index (χ0) is 16.2. The maximum Gasteiger partial charge on any atom is 0.324 e. The van der Waals surface area contributed by atoms with Crippen LogP contribution in [-0.2, 0) is 6.42 Å². The number of hydrogen-bond acceptors (Lipinski definition) is 2. The van der Waals surface area contributed by atoms with E-state index < -0.39 is 0 Å². The number of hydrogen-bond donors (Lipinski definition) is 0. The zero-order valence-electron chi connectivity index (χ0n) is 13.7. The molecule has 0 saturated carbocycles. The van der Waals surface area contributed by atoms with Crippen molar-refractivity contribution in [1.29, 1.82) is 0 Å². The summed E-state index contributed by atoms with van der Waals surface area (Å²) in [5.74, 6) is 0.875. The summed E-state index contributed by atoms with van der Waals surface area (Å²) in [6.45, 7) is 3.82. The van der Waals surface area contributed by atoms with Crippen molar-refractivity contribution in [3.8, 4) is 5.75 Å². The van der Waals surface area contributed by atoms with Gasteiger partial charge in [-0.3, -0.25) is 4.90 Å². The van der Waals surface area contributed by atoms with Gasteiger partial charge in [0.2, 0.25) is 0 Å². The minimum atomic E-state index is 0.0309. The van der Waals surface area contributed by atoms with E-state index in [1.54, 1.807) is 4.90 Å². The largest absolute Gasteiger partial charge is 0.491 e. The lowest BCUT2D eigenvalue weighted by Gasteiger charge is -2.25. The standard InChI is InChI=1S/C19H22N2O2/c1-15-7-3-6-10-18(15)23-14-13-20(2)19(22)21-12-11-16-8-4-5-9-17(16)21/h3-10H,11-14H2,1-2H3. The first-order chi connectivity index (χ1) is 11.2. The number of para-hydroxylation sites is 2. The molecule has 0 saturated heterocycles. The van der Waals surface area contributed by atoms with Crippen LogP contribution in [0, 0.1) is 6.92 Å². The molecule has 3 rings (SSSR count). The highest BCUT2D eigenvalue weighted by Gasteiger charge is 2.26. The Kier molecular flexibility index (Phi) is 4.51. The molecule has 1 heterocycles. The number of benzene rings is 2. The number of anilines is 1. The van der Waals surface area contributed by atoms with E-state index in [1.807, 2.05) is 61.3 Å². The molecule has 0 radical (unpaired) electrons. The average molecular weight is 310 g/mol. The average Bonchev–Trinajstić information content (AvgIpc) is 3.00. The van der Waals surface area contributed by atoms with E-state index in [-0.39, 0.29) is 6.03 Å². The van der Waals surface area contributed by atoms with Gasteiger partial charge in [-0.05, 0) is 36.6 Å². The number of nitrogens with zero attached hydrogens (tertiary/aromatic N) is 2. The van der Waals surface area contributed by atoms with Crippen molar-refractivity contribution in [3.05, 3.63) is 59.7 Å². The van der Waals surface area contributed by atoms with Gasteiger partial charge in [-0.15, -0.1) is 0 Å². The molecule has 0 aliphatic carbocycles. The predicted molar refractivity (Wildman–Crippen MR) is 92.2 cm³/mol. The van der Waals surface area contributed by atoms with E-state index in [4.69, 9.17) is 4.74 Å². The van der Waals surface area contributed by atoms with Gasteiger partial charge in [0, 0.05) is 19.3 Å². The van der Waals surface area contributed by atoms with Crippen LogP contribution >= 0.6 is 0 Å². The van der Waals surface area contributed by atoms with Gasteiger partial charge in [-0.2, -0.15) is 0 Å². The molecule has 0 spiro atoms. The Balaban J connectivity index is 1.56. The number of amides is 2. The molecule has 1 aliphatic rings. The van der Waals surface area contributed by atoms with Crippen molar-refractivity contribution in [3.63, 3.8) is 0 Å². The van der Waals surface area contributed by atoms with E-state index in [2.05, 4.69) is 6.07 Å². The summed E-state index contributed by atoms with van der Waals surface area (Å²) in [6, 6.07) is 16.0. The van der Waals surface area contributed by atoms with Crippen molar-refractivity contribution in [2.75, 3.05) is 31.6 Å². The van der Waals surface area contributed by atoms with Gasteiger partial charge in [0.15, 0.2) is 0 Å². The second kappa shape index (κ2) is 6.73.